The SMILES string of the molecule is COc1cc(/C(O)=C2\C(=O)C(=O)N(c3nc4cc(F)c(F)cc4s3)C2c2ccc(O)cc2)ccc1Cl. The smallest absolute Gasteiger partial charge is 0.301 e. The molecular formula is C25H15ClF2N2O5S. The third kappa shape index (κ3) is 3.84. The van der Waals surface area contributed by atoms with Crippen molar-refractivity contribution in [2.75, 3.05) is 12.0 Å². The first-order chi connectivity index (χ1) is 17.2. The largest absolute Gasteiger partial charge is 0.508 e. The zero-order valence-corrected chi connectivity index (χ0v) is 19.9. The number of rotatable bonds is 4. The summed E-state index contributed by atoms with van der Waals surface area (Å²) in [6, 6.07) is 10.8. The molecule has 1 aromatic heterocycles. The number of carbonyl (C=O) groups is 2. The van der Waals surface area contributed by atoms with Crippen LogP contribution in [0.25, 0.3) is 16.0 Å². The van der Waals surface area contributed by atoms with Crippen molar-refractivity contribution in [3.63, 3.8) is 0 Å². The van der Waals surface area contributed by atoms with Crippen LogP contribution in [0.3, 0.4) is 0 Å². The van der Waals surface area contributed by atoms with E-state index in [0.717, 1.165) is 28.4 Å². The highest BCUT2D eigenvalue weighted by molar-refractivity contribution is 7.22. The zero-order chi connectivity index (χ0) is 25.7. The van der Waals surface area contributed by atoms with Crippen molar-refractivity contribution in [1.82, 2.24) is 4.98 Å². The molecule has 0 bridgehead atoms. The van der Waals surface area contributed by atoms with Gasteiger partial charge in [-0.2, -0.15) is 0 Å². The lowest BCUT2D eigenvalue weighted by Gasteiger charge is -2.23. The minimum atomic E-state index is -1.15. The second-order valence-electron chi connectivity index (χ2n) is 7.84. The van der Waals surface area contributed by atoms with E-state index in [1.54, 1.807) is 0 Å². The van der Waals surface area contributed by atoms with Gasteiger partial charge in [0, 0.05) is 11.6 Å². The van der Waals surface area contributed by atoms with Gasteiger partial charge < -0.3 is 14.9 Å². The molecular weight excluding hydrogens is 514 g/mol. The van der Waals surface area contributed by atoms with Crippen LogP contribution in [0.2, 0.25) is 5.02 Å². The number of phenolic OH excluding ortho intramolecular Hbond substituents is 1. The van der Waals surface area contributed by atoms with E-state index < -0.39 is 35.1 Å². The number of methoxy groups -OCH3 is 1. The van der Waals surface area contributed by atoms with Crippen LogP contribution in [-0.2, 0) is 9.59 Å². The molecule has 0 spiro atoms. The van der Waals surface area contributed by atoms with Crippen molar-refractivity contribution in [1.29, 1.82) is 0 Å². The number of aliphatic hydroxyl groups is 1. The first-order valence-corrected chi connectivity index (χ1v) is 11.6. The molecule has 36 heavy (non-hydrogen) atoms. The number of phenols is 1. The van der Waals surface area contributed by atoms with Crippen LogP contribution in [0.5, 0.6) is 11.5 Å². The van der Waals surface area contributed by atoms with E-state index in [1.807, 2.05) is 0 Å². The van der Waals surface area contributed by atoms with Gasteiger partial charge in [-0.05, 0) is 42.0 Å². The van der Waals surface area contributed by atoms with Crippen LogP contribution in [0, 0.1) is 11.6 Å². The summed E-state index contributed by atoms with van der Waals surface area (Å²) in [4.78, 5) is 31.8. The predicted octanol–water partition coefficient (Wildman–Crippen LogP) is 5.57. The predicted molar refractivity (Wildman–Crippen MR) is 130 cm³/mol. The summed E-state index contributed by atoms with van der Waals surface area (Å²) >= 11 is 6.97. The molecule has 4 aromatic rings. The van der Waals surface area contributed by atoms with Crippen LogP contribution >= 0.6 is 22.9 Å². The molecule has 2 N–H and O–H groups in total. The van der Waals surface area contributed by atoms with Gasteiger partial charge in [0.05, 0.1) is 34.0 Å². The van der Waals surface area contributed by atoms with Crippen molar-refractivity contribution >= 4 is 55.7 Å². The third-order valence-corrected chi connectivity index (χ3v) is 7.03. The Hall–Kier alpha value is -4.02. The van der Waals surface area contributed by atoms with Crippen molar-refractivity contribution in [3.05, 3.63) is 88.0 Å². The number of hydrogen-bond donors (Lipinski definition) is 2. The van der Waals surface area contributed by atoms with Gasteiger partial charge in [-0.1, -0.05) is 35.1 Å². The fourth-order valence-electron chi connectivity index (χ4n) is 3.98. The Kier molecular flexibility index (Phi) is 5.85. The average molecular weight is 529 g/mol. The Labute approximate surface area is 211 Å². The number of halogens is 3. The van der Waals surface area contributed by atoms with Gasteiger partial charge in [-0.15, -0.1) is 0 Å². The second-order valence-corrected chi connectivity index (χ2v) is 9.26. The summed E-state index contributed by atoms with van der Waals surface area (Å²) in [6.07, 6.45) is 0. The van der Waals surface area contributed by atoms with Crippen molar-refractivity contribution in [3.8, 4) is 11.5 Å². The zero-order valence-electron chi connectivity index (χ0n) is 18.3. The molecule has 1 aliphatic heterocycles. The number of ether oxygens (including phenoxy) is 1. The molecule has 182 valence electrons. The number of nitrogens with zero attached hydrogens (tertiary/aromatic N) is 2. The van der Waals surface area contributed by atoms with E-state index in [-0.39, 0.29) is 43.0 Å². The van der Waals surface area contributed by atoms with Crippen molar-refractivity contribution in [2.24, 2.45) is 0 Å². The number of aromatic hydroxyl groups is 1. The summed E-state index contributed by atoms with van der Waals surface area (Å²) in [5, 5.41) is 21.2. The molecule has 1 saturated heterocycles. The number of hydrogen-bond acceptors (Lipinski definition) is 7. The molecule has 0 radical (unpaired) electrons. The Morgan fingerprint density at radius 3 is 2.47 bits per heavy atom. The molecule has 3 aromatic carbocycles. The average Bonchev–Trinajstić information content (AvgIpc) is 3.37. The normalized spacial score (nSPS) is 17.2. The van der Waals surface area contributed by atoms with Crippen LogP contribution in [0.4, 0.5) is 13.9 Å². The highest BCUT2D eigenvalue weighted by Crippen LogP contribution is 2.45. The van der Waals surface area contributed by atoms with Gasteiger partial charge in [0.1, 0.15) is 17.3 Å². The van der Waals surface area contributed by atoms with Gasteiger partial charge in [0.15, 0.2) is 16.8 Å². The number of fused-ring (bicyclic) bond motifs is 1. The summed E-state index contributed by atoms with van der Waals surface area (Å²) in [5.74, 6) is -4.45. The number of carbonyl (C=O) groups excluding carboxylic acids is 2. The van der Waals surface area contributed by atoms with E-state index in [2.05, 4.69) is 4.98 Å². The number of amides is 1. The van der Waals surface area contributed by atoms with Gasteiger partial charge in [0.2, 0.25) is 0 Å². The van der Waals surface area contributed by atoms with Crippen LogP contribution in [0.15, 0.2) is 60.2 Å². The fourth-order valence-corrected chi connectivity index (χ4v) is 5.17. The second kappa shape index (κ2) is 8.89. The molecule has 0 aliphatic carbocycles. The molecule has 1 atom stereocenters. The molecule has 0 saturated carbocycles. The van der Waals surface area contributed by atoms with Gasteiger partial charge in [0.25, 0.3) is 5.78 Å². The topological polar surface area (TPSA) is 100.0 Å². The third-order valence-electron chi connectivity index (χ3n) is 5.70. The van der Waals surface area contributed by atoms with Gasteiger partial charge >= 0.3 is 5.91 Å². The Morgan fingerprint density at radius 2 is 1.78 bits per heavy atom. The molecule has 7 nitrogen and oxygen atoms in total. The van der Waals surface area contributed by atoms with E-state index in [0.29, 0.717) is 5.56 Å². The Balaban J connectivity index is 1.73. The summed E-state index contributed by atoms with van der Waals surface area (Å²) in [6.45, 7) is 0. The number of Topliss-reactive ketones (excluding diaryl/α,β-unsaturated/α-hetero) is 1. The van der Waals surface area contributed by atoms with Crippen LogP contribution in [-0.4, -0.2) is 34.0 Å². The quantitative estimate of drug-likeness (QED) is 0.204. The standard InChI is InChI=1S/C25H15ClF2N2O5S/c1-35-18-8-12(4-7-14(18)26)22(32)20-21(11-2-5-13(31)6-3-11)30(24(34)23(20)33)25-29-17-9-15(27)16(28)10-19(17)36-25/h2-10,21,31-32H,1H3/b22-20+. The highest BCUT2D eigenvalue weighted by Gasteiger charge is 2.48. The number of aromatic nitrogens is 1. The van der Waals surface area contributed by atoms with Crippen molar-refractivity contribution < 1.29 is 33.3 Å². The van der Waals surface area contributed by atoms with E-state index in [4.69, 9.17) is 16.3 Å². The summed E-state index contributed by atoms with van der Waals surface area (Å²) in [5.41, 5.74) is 0.409. The molecule has 1 amide bonds. The van der Waals surface area contributed by atoms with Crippen molar-refractivity contribution in [2.45, 2.75) is 6.04 Å². The maximum absolute atomic E-state index is 13.8. The molecule has 1 aliphatic rings. The molecule has 2 heterocycles. The lowest BCUT2D eigenvalue weighted by atomic mass is 9.95. The molecule has 5 rings (SSSR count). The molecule has 1 fully saturated rings. The van der Waals surface area contributed by atoms with Crippen LogP contribution < -0.4 is 9.64 Å². The fraction of sp³-hybridized carbons (Fsp3) is 0.0800. The lowest BCUT2D eigenvalue weighted by Crippen LogP contribution is -2.29. The first kappa shape index (κ1) is 23.7. The lowest BCUT2D eigenvalue weighted by molar-refractivity contribution is -0.132. The van der Waals surface area contributed by atoms with Crippen LogP contribution in [0.1, 0.15) is 17.2 Å². The first-order valence-electron chi connectivity index (χ1n) is 10.4. The number of benzene rings is 3. The maximum atomic E-state index is 13.8. The monoisotopic (exact) mass is 528 g/mol. The minimum Gasteiger partial charge on any atom is -0.508 e. The maximum Gasteiger partial charge on any atom is 0.301 e. The summed E-state index contributed by atoms with van der Waals surface area (Å²) in [7, 11) is 1.39. The molecule has 1 unspecified atom stereocenters. The highest BCUT2D eigenvalue weighted by atomic mass is 35.5. The number of thiazole rings is 1. The van der Waals surface area contributed by atoms with Gasteiger partial charge in [-0.3, -0.25) is 14.5 Å². The number of ketones is 1. The van der Waals surface area contributed by atoms with E-state index in [1.165, 1.54) is 49.6 Å². The minimum absolute atomic E-state index is 0.00270. The Bertz CT molecular complexity index is 1550. The van der Waals surface area contributed by atoms with E-state index >= 15 is 0 Å². The number of aliphatic hydroxyl groups excluding tert-OH is 1. The van der Waals surface area contributed by atoms with E-state index in [9.17, 15) is 28.6 Å². The molecule has 11 heteroatoms. The number of anilines is 1. The summed E-state index contributed by atoms with van der Waals surface area (Å²) < 4.78 is 33.0. The Morgan fingerprint density at radius 1 is 1.08 bits per heavy atom. The van der Waals surface area contributed by atoms with Gasteiger partial charge in [-0.25, -0.2) is 13.8 Å².